The van der Waals surface area contributed by atoms with Gasteiger partial charge in [-0.1, -0.05) is 5.16 Å². The first kappa shape index (κ1) is 14.1. The van der Waals surface area contributed by atoms with Crippen molar-refractivity contribution in [1.29, 1.82) is 0 Å². The van der Waals surface area contributed by atoms with E-state index in [4.69, 9.17) is 9.26 Å². The van der Waals surface area contributed by atoms with E-state index in [9.17, 15) is 0 Å². The Kier molecular flexibility index (Phi) is 4.21. The standard InChI is InChI=1S/C14H19N5O2/c1-10(2)19-6-7-20-11(9-19)8-13-16-14(18-21-13)12-4-3-5-15-17-12/h3-5,10-11H,6-9H2,1-2H3/t11-/m0/s1. The molecule has 0 bridgehead atoms. The Morgan fingerprint density at radius 1 is 1.43 bits per heavy atom. The summed E-state index contributed by atoms with van der Waals surface area (Å²) in [5.74, 6) is 1.04. The minimum absolute atomic E-state index is 0.0938. The molecule has 7 nitrogen and oxygen atoms in total. The maximum Gasteiger partial charge on any atom is 0.229 e. The highest BCUT2D eigenvalue weighted by atomic mass is 16.5. The van der Waals surface area contributed by atoms with E-state index in [0.717, 1.165) is 19.7 Å². The third-order valence-electron chi connectivity index (χ3n) is 3.57. The molecule has 0 aromatic carbocycles. The van der Waals surface area contributed by atoms with Crippen molar-refractivity contribution in [2.24, 2.45) is 0 Å². The first-order valence-electron chi connectivity index (χ1n) is 7.18. The van der Waals surface area contributed by atoms with E-state index in [0.29, 0.717) is 29.9 Å². The van der Waals surface area contributed by atoms with Crippen LogP contribution in [-0.4, -0.2) is 57.1 Å². The lowest BCUT2D eigenvalue weighted by atomic mass is 10.2. The average molecular weight is 289 g/mol. The lowest BCUT2D eigenvalue weighted by Gasteiger charge is -2.34. The highest BCUT2D eigenvalue weighted by Crippen LogP contribution is 2.15. The normalized spacial score (nSPS) is 20.0. The molecule has 3 heterocycles. The van der Waals surface area contributed by atoms with E-state index < -0.39 is 0 Å². The van der Waals surface area contributed by atoms with Gasteiger partial charge in [-0.05, 0) is 26.0 Å². The van der Waals surface area contributed by atoms with Crippen LogP contribution in [0.5, 0.6) is 0 Å². The topological polar surface area (TPSA) is 77.2 Å². The third kappa shape index (κ3) is 3.43. The van der Waals surface area contributed by atoms with Crippen molar-refractivity contribution < 1.29 is 9.26 Å². The van der Waals surface area contributed by atoms with Crippen LogP contribution in [0, 0.1) is 0 Å². The molecule has 0 amide bonds. The Morgan fingerprint density at radius 3 is 3.10 bits per heavy atom. The summed E-state index contributed by atoms with van der Waals surface area (Å²) in [4.78, 5) is 6.76. The quantitative estimate of drug-likeness (QED) is 0.836. The highest BCUT2D eigenvalue weighted by molar-refractivity contribution is 5.46. The van der Waals surface area contributed by atoms with Gasteiger partial charge in [0.15, 0.2) is 0 Å². The number of rotatable bonds is 4. The fourth-order valence-electron chi connectivity index (χ4n) is 2.39. The molecule has 1 fully saturated rings. The van der Waals surface area contributed by atoms with Gasteiger partial charge in [-0.2, -0.15) is 10.1 Å². The number of nitrogens with zero attached hydrogens (tertiary/aromatic N) is 5. The first-order chi connectivity index (χ1) is 10.2. The first-order valence-corrected chi connectivity index (χ1v) is 7.18. The number of hydrogen-bond acceptors (Lipinski definition) is 7. The molecule has 2 aromatic heterocycles. The van der Waals surface area contributed by atoms with Gasteiger partial charge in [0.1, 0.15) is 5.69 Å². The molecule has 2 aromatic rings. The molecule has 0 unspecified atom stereocenters. The Morgan fingerprint density at radius 2 is 2.33 bits per heavy atom. The molecule has 0 aliphatic carbocycles. The molecule has 1 atom stereocenters. The minimum atomic E-state index is 0.0938. The predicted octanol–water partition coefficient (Wildman–Crippen LogP) is 1.18. The maximum absolute atomic E-state index is 5.78. The van der Waals surface area contributed by atoms with Gasteiger partial charge in [-0.15, -0.1) is 5.10 Å². The van der Waals surface area contributed by atoms with Crippen molar-refractivity contribution in [3.63, 3.8) is 0 Å². The van der Waals surface area contributed by atoms with Crippen LogP contribution in [0.25, 0.3) is 11.5 Å². The summed E-state index contributed by atoms with van der Waals surface area (Å²) in [7, 11) is 0. The third-order valence-corrected chi connectivity index (χ3v) is 3.57. The van der Waals surface area contributed by atoms with Gasteiger partial charge in [-0.25, -0.2) is 0 Å². The fourth-order valence-corrected chi connectivity index (χ4v) is 2.39. The molecule has 1 aliphatic heterocycles. The van der Waals surface area contributed by atoms with Crippen molar-refractivity contribution in [2.75, 3.05) is 19.7 Å². The molecule has 0 N–H and O–H groups in total. The molecule has 3 rings (SSSR count). The van der Waals surface area contributed by atoms with Crippen LogP contribution >= 0.6 is 0 Å². The summed E-state index contributed by atoms with van der Waals surface area (Å²) in [6, 6.07) is 4.12. The molecule has 1 aliphatic rings. The second-order valence-electron chi connectivity index (χ2n) is 5.41. The van der Waals surface area contributed by atoms with Crippen LogP contribution in [0.15, 0.2) is 22.9 Å². The zero-order valence-electron chi connectivity index (χ0n) is 12.3. The maximum atomic E-state index is 5.78. The zero-order chi connectivity index (χ0) is 14.7. The van der Waals surface area contributed by atoms with Gasteiger partial charge in [-0.3, -0.25) is 4.90 Å². The van der Waals surface area contributed by atoms with E-state index in [2.05, 4.69) is 39.1 Å². The van der Waals surface area contributed by atoms with E-state index in [-0.39, 0.29) is 6.10 Å². The summed E-state index contributed by atoms with van der Waals surface area (Å²) in [6.45, 7) is 7.00. The minimum Gasteiger partial charge on any atom is -0.375 e. The highest BCUT2D eigenvalue weighted by Gasteiger charge is 2.24. The van der Waals surface area contributed by atoms with Crippen molar-refractivity contribution >= 4 is 0 Å². The van der Waals surface area contributed by atoms with E-state index in [1.54, 1.807) is 18.3 Å². The van der Waals surface area contributed by atoms with Crippen molar-refractivity contribution in [3.8, 4) is 11.5 Å². The fraction of sp³-hybridized carbons (Fsp3) is 0.571. The Balaban J connectivity index is 1.65. The number of hydrogen-bond donors (Lipinski definition) is 0. The van der Waals surface area contributed by atoms with Gasteiger partial charge >= 0.3 is 0 Å². The largest absolute Gasteiger partial charge is 0.375 e. The number of morpholine rings is 1. The Bertz CT molecular complexity index is 572. The van der Waals surface area contributed by atoms with Gasteiger partial charge in [0.05, 0.1) is 19.1 Å². The molecule has 0 saturated carbocycles. The molecule has 7 heteroatoms. The van der Waals surface area contributed by atoms with Crippen LogP contribution in [0.2, 0.25) is 0 Å². The Hall–Kier alpha value is -1.86. The monoisotopic (exact) mass is 289 g/mol. The zero-order valence-corrected chi connectivity index (χ0v) is 12.3. The van der Waals surface area contributed by atoms with Crippen molar-refractivity contribution in [3.05, 3.63) is 24.2 Å². The van der Waals surface area contributed by atoms with Crippen LogP contribution < -0.4 is 0 Å². The summed E-state index contributed by atoms with van der Waals surface area (Å²) in [6.07, 6.45) is 2.33. The molecule has 112 valence electrons. The Labute approximate surface area is 123 Å². The summed E-state index contributed by atoms with van der Waals surface area (Å²) in [5, 5.41) is 11.7. The summed E-state index contributed by atoms with van der Waals surface area (Å²) < 4.78 is 11.1. The van der Waals surface area contributed by atoms with Crippen LogP contribution in [-0.2, 0) is 11.2 Å². The van der Waals surface area contributed by atoms with E-state index >= 15 is 0 Å². The molecule has 0 spiro atoms. The van der Waals surface area contributed by atoms with Crippen LogP contribution in [0.3, 0.4) is 0 Å². The molecule has 1 saturated heterocycles. The second-order valence-corrected chi connectivity index (χ2v) is 5.41. The molecule has 0 radical (unpaired) electrons. The molecular formula is C14H19N5O2. The summed E-state index contributed by atoms with van der Waals surface area (Å²) >= 11 is 0. The van der Waals surface area contributed by atoms with Crippen LogP contribution in [0.1, 0.15) is 19.7 Å². The molecular weight excluding hydrogens is 270 g/mol. The molecule has 21 heavy (non-hydrogen) atoms. The number of aromatic nitrogens is 4. The average Bonchev–Trinajstić information content (AvgIpc) is 2.97. The lowest BCUT2D eigenvalue weighted by Crippen LogP contribution is -2.46. The van der Waals surface area contributed by atoms with Gasteiger partial charge < -0.3 is 9.26 Å². The lowest BCUT2D eigenvalue weighted by molar-refractivity contribution is -0.0406. The SMILES string of the molecule is CC(C)N1CCO[C@@H](Cc2nc(-c3cccnn3)no2)C1. The van der Waals surface area contributed by atoms with Crippen molar-refractivity contribution in [1.82, 2.24) is 25.2 Å². The smallest absolute Gasteiger partial charge is 0.229 e. The van der Waals surface area contributed by atoms with Crippen molar-refractivity contribution in [2.45, 2.75) is 32.4 Å². The van der Waals surface area contributed by atoms with E-state index in [1.807, 2.05) is 0 Å². The number of ether oxygens (including phenoxy) is 1. The second kappa shape index (κ2) is 6.28. The van der Waals surface area contributed by atoms with Gasteiger partial charge in [0.2, 0.25) is 11.7 Å². The predicted molar refractivity (Wildman–Crippen MR) is 75.5 cm³/mol. The summed E-state index contributed by atoms with van der Waals surface area (Å²) in [5.41, 5.74) is 0.612. The van der Waals surface area contributed by atoms with E-state index in [1.165, 1.54) is 0 Å². The van der Waals surface area contributed by atoms with Gasteiger partial charge in [0, 0.05) is 25.3 Å². The van der Waals surface area contributed by atoms with Gasteiger partial charge in [0.25, 0.3) is 0 Å². The van der Waals surface area contributed by atoms with Crippen LogP contribution in [0.4, 0.5) is 0 Å².